The van der Waals surface area contributed by atoms with Crippen LogP contribution in [0.4, 0.5) is 5.69 Å². The largest absolute Gasteiger partial charge is 0.382 e. The van der Waals surface area contributed by atoms with Crippen molar-refractivity contribution in [1.82, 2.24) is 14.8 Å². The van der Waals surface area contributed by atoms with E-state index in [2.05, 4.69) is 48.4 Å². The Morgan fingerprint density at radius 3 is 2.76 bits per heavy atom. The van der Waals surface area contributed by atoms with E-state index >= 15 is 0 Å². The maximum Gasteiger partial charge on any atom is 0.123 e. The lowest BCUT2D eigenvalue weighted by Gasteiger charge is -2.52. The van der Waals surface area contributed by atoms with Gasteiger partial charge in [0.25, 0.3) is 0 Å². The maximum atomic E-state index is 5.78. The van der Waals surface area contributed by atoms with Crippen LogP contribution in [0, 0.1) is 5.41 Å². The summed E-state index contributed by atoms with van der Waals surface area (Å²) in [6.45, 7) is 7.36. The molecule has 2 atom stereocenters. The molecule has 1 aromatic heterocycles. The zero-order valence-electron chi connectivity index (χ0n) is 12.8. The predicted octanol–water partition coefficient (Wildman–Crippen LogP) is 2.88. The van der Waals surface area contributed by atoms with Crippen molar-refractivity contribution >= 4 is 5.69 Å². The third-order valence-electron chi connectivity index (χ3n) is 4.45. The molecule has 1 aliphatic carbocycles. The highest BCUT2D eigenvalue weighted by Gasteiger charge is 2.48. The van der Waals surface area contributed by atoms with Gasteiger partial charge in [0.2, 0.25) is 0 Å². The van der Waals surface area contributed by atoms with Crippen LogP contribution in [-0.4, -0.2) is 33.5 Å². The Morgan fingerprint density at radius 1 is 1.33 bits per heavy atom. The number of nitrogens with one attached hydrogen (secondary N) is 1. The van der Waals surface area contributed by atoms with Crippen LogP contribution in [0.1, 0.15) is 27.2 Å². The van der Waals surface area contributed by atoms with Gasteiger partial charge in [0.1, 0.15) is 12.7 Å². The summed E-state index contributed by atoms with van der Waals surface area (Å²) in [6.07, 6.45) is 4.81. The molecule has 1 aliphatic rings. The average Bonchev–Trinajstić information content (AvgIpc) is 3.01. The van der Waals surface area contributed by atoms with E-state index in [0.717, 1.165) is 24.4 Å². The zero-order valence-corrected chi connectivity index (χ0v) is 12.8. The molecule has 0 aliphatic heterocycles. The summed E-state index contributed by atoms with van der Waals surface area (Å²) in [5, 5.41) is 11.3. The van der Waals surface area contributed by atoms with Gasteiger partial charge >= 0.3 is 0 Å². The van der Waals surface area contributed by atoms with Crippen molar-refractivity contribution in [3.8, 4) is 5.69 Å². The Hall–Kier alpha value is -1.88. The smallest absolute Gasteiger partial charge is 0.123 e. The molecule has 21 heavy (non-hydrogen) atoms. The van der Waals surface area contributed by atoms with Crippen LogP contribution in [0.5, 0.6) is 0 Å². The van der Waals surface area contributed by atoms with Gasteiger partial charge in [-0.3, -0.25) is 4.57 Å². The Labute approximate surface area is 125 Å². The molecule has 1 N–H and O–H groups in total. The first kappa shape index (κ1) is 14.1. The fourth-order valence-electron chi connectivity index (χ4n) is 2.91. The Morgan fingerprint density at radius 2 is 2.10 bits per heavy atom. The average molecular weight is 286 g/mol. The van der Waals surface area contributed by atoms with E-state index in [-0.39, 0.29) is 5.41 Å². The monoisotopic (exact) mass is 286 g/mol. The number of aromatic nitrogens is 3. The number of rotatable bonds is 5. The molecule has 0 amide bonds. The maximum absolute atomic E-state index is 5.78. The van der Waals surface area contributed by atoms with Gasteiger partial charge in [0.15, 0.2) is 0 Å². The van der Waals surface area contributed by atoms with Crippen molar-refractivity contribution in [1.29, 1.82) is 0 Å². The number of benzene rings is 1. The third kappa shape index (κ3) is 2.65. The summed E-state index contributed by atoms with van der Waals surface area (Å²) in [4.78, 5) is 0. The van der Waals surface area contributed by atoms with Crippen LogP contribution in [0.2, 0.25) is 0 Å². The molecule has 1 saturated carbocycles. The fourth-order valence-corrected chi connectivity index (χ4v) is 2.91. The molecule has 2 aromatic rings. The molecule has 2 unspecified atom stereocenters. The van der Waals surface area contributed by atoms with E-state index in [1.807, 2.05) is 16.7 Å². The van der Waals surface area contributed by atoms with Crippen molar-refractivity contribution in [2.45, 2.75) is 39.3 Å². The second kappa shape index (κ2) is 5.48. The highest BCUT2D eigenvalue weighted by molar-refractivity contribution is 5.52. The fraction of sp³-hybridized carbons (Fsp3) is 0.500. The van der Waals surface area contributed by atoms with Crippen molar-refractivity contribution < 1.29 is 4.74 Å². The van der Waals surface area contributed by atoms with Gasteiger partial charge in [0, 0.05) is 23.8 Å². The van der Waals surface area contributed by atoms with Crippen molar-refractivity contribution in [2.24, 2.45) is 5.41 Å². The van der Waals surface area contributed by atoms with Gasteiger partial charge in [-0.1, -0.05) is 19.9 Å². The topological polar surface area (TPSA) is 52.0 Å². The van der Waals surface area contributed by atoms with Crippen LogP contribution in [0.15, 0.2) is 36.9 Å². The first-order chi connectivity index (χ1) is 10.1. The first-order valence-electron chi connectivity index (χ1n) is 7.44. The van der Waals surface area contributed by atoms with E-state index in [1.54, 1.807) is 12.7 Å². The molecule has 0 bridgehead atoms. The standard InChI is InChI=1S/C16H22N4O/c1-4-21-15-9-14(16(15,2)3)19-12-6-5-7-13(8-12)20-10-17-18-11-20/h5-8,10-11,14-15,19H,4,9H2,1-3H3. The zero-order chi connectivity index (χ0) is 14.9. The number of nitrogens with zero attached hydrogens (tertiary/aromatic N) is 3. The molecule has 112 valence electrons. The van der Waals surface area contributed by atoms with Crippen molar-refractivity contribution in [3.63, 3.8) is 0 Å². The van der Waals surface area contributed by atoms with E-state index in [9.17, 15) is 0 Å². The van der Waals surface area contributed by atoms with E-state index in [4.69, 9.17) is 4.74 Å². The molecular weight excluding hydrogens is 264 g/mol. The van der Waals surface area contributed by atoms with Gasteiger partial charge in [-0.15, -0.1) is 10.2 Å². The summed E-state index contributed by atoms with van der Waals surface area (Å²) < 4.78 is 7.69. The highest BCUT2D eigenvalue weighted by Crippen LogP contribution is 2.44. The van der Waals surface area contributed by atoms with Crippen LogP contribution >= 0.6 is 0 Å². The lowest BCUT2D eigenvalue weighted by Crippen LogP contribution is -2.58. The van der Waals surface area contributed by atoms with Crippen LogP contribution in [0.3, 0.4) is 0 Å². The number of anilines is 1. The molecular formula is C16H22N4O. The summed E-state index contributed by atoms with van der Waals surface area (Å²) in [5.74, 6) is 0. The van der Waals surface area contributed by atoms with Gasteiger partial charge in [-0.05, 0) is 31.5 Å². The number of ether oxygens (including phenoxy) is 1. The van der Waals surface area contributed by atoms with Crippen molar-refractivity contribution in [3.05, 3.63) is 36.9 Å². The Balaban J connectivity index is 1.71. The summed E-state index contributed by atoms with van der Waals surface area (Å²) in [6, 6.07) is 8.74. The van der Waals surface area contributed by atoms with Crippen LogP contribution < -0.4 is 5.32 Å². The number of hydrogen-bond donors (Lipinski definition) is 1. The van der Waals surface area contributed by atoms with E-state index in [0.29, 0.717) is 12.1 Å². The van der Waals surface area contributed by atoms with Crippen LogP contribution in [0.25, 0.3) is 5.69 Å². The minimum Gasteiger partial charge on any atom is -0.382 e. The van der Waals surface area contributed by atoms with E-state index < -0.39 is 0 Å². The van der Waals surface area contributed by atoms with E-state index in [1.165, 1.54) is 0 Å². The number of hydrogen-bond acceptors (Lipinski definition) is 4. The molecule has 0 spiro atoms. The minimum atomic E-state index is 0.155. The minimum absolute atomic E-state index is 0.155. The molecule has 5 heteroatoms. The van der Waals surface area contributed by atoms with Gasteiger partial charge in [0.05, 0.1) is 11.8 Å². The first-order valence-corrected chi connectivity index (χ1v) is 7.44. The Bertz CT molecular complexity index is 594. The normalized spacial score (nSPS) is 23.6. The molecule has 1 fully saturated rings. The third-order valence-corrected chi connectivity index (χ3v) is 4.45. The molecule has 1 aromatic carbocycles. The lowest BCUT2D eigenvalue weighted by molar-refractivity contribution is -0.0975. The quantitative estimate of drug-likeness (QED) is 0.918. The highest BCUT2D eigenvalue weighted by atomic mass is 16.5. The summed E-state index contributed by atoms with van der Waals surface area (Å²) in [5.41, 5.74) is 2.33. The SMILES string of the molecule is CCOC1CC(Nc2cccc(-n3cnnc3)c2)C1(C)C. The van der Waals surface area contributed by atoms with Gasteiger partial charge < -0.3 is 10.1 Å². The Kier molecular flexibility index (Phi) is 3.68. The second-order valence-corrected chi connectivity index (χ2v) is 6.12. The molecule has 0 saturated heterocycles. The van der Waals surface area contributed by atoms with Gasteiger partial charge in [-0.25, -0.2) is 0 Å². The summed E-state index contributed by atoms with van der Waals surface area (Å²) in [7, 11) is 0. The predicted molar refractivity (Wildman–Crippen MR) is 82.6 cm³/mol. The molecule has 0 radical (unpaired) electrons. The lowest BCUT2D eigenvalue weighted by atomic mass is 9.64. The second-order valence-electron chi connectivity index (χ2n) is 6.12. The van der Waals surface area contributed by atoms with Crippen molar-refractivity contribution in [2.75, 3.05) is 11.9 Å². The van der Waals surface area contributed by atoms with Crippen LogP contribution in [-0.2, 0) is 4.74 Å². The molecule has 1 heterocycles. The molecule has 5 nitrogen and oxygen atoms in total. The summed E-state index contributed by atoms with van der Waals surface area (Å²) >= 11 is 0. The van der Waals surface area contributed by atoms with Gasteiger partial charge in [-0.2, -0.15) is 0 Å². The molecule has 3 rings (SSSR count).